The number of rotatable bonds is 8. The minimum Gasteiger partial charge on any atom is -0.470 e. The zero-order chi connectivity index (χ0) is 26.6. The Balaban J connectivity index is 1.51. The van der Waals surface area contributed by atoms with E-state index < -0.39 is 6.10 Å². The Hall–Kier alpha value is -4.41. The lowest BCUT2D eigenvalue weighted by molar-refractivity contribution is 0.141. The third kappa shape index (κ3) is 5.04. The Morgan fingerprint density at radius 2 is 1.68 bits per heavy atom. The number of anilines is 1. The molecule has 2 aromatic carbocycles. The highest BCUT2D eigenvalue weighted by Crippen LogP contribution is 2.39. The van der Waals surface area contributed by atoms with Gasteiger partial charge in [-0.05, 0) is 41.8 Å². The number of aliphatic hydroxyl groups is 2. The van der Waals surface area contributed by atoms with E-state index in [0.29, 0.717) is 53.1 Å². The van der Waals surface area contributed by atoms with Crippen LogP contribution in [0.3, 0.4) is 0 Å². The maximum atomic E-state index is 10.1. The van der Waals surface area contributed by atoms with E-state index in [2.05, 4.69) is 22.1 Å². The summed E-state index contributed by atoms with van der Waals surface area (Å²) in [4.78, 5) is 10.8. The van der Waals surface area contributed by atoms with E-state index in [1.165, 1.54) is 6.26 Å². The summed E-state index contributed by atoms with van der Waals surface area (Å²) in [5.41, 5.74) is 3.54. The average Bonchev–Trinajstić information content (AvgIpc) is 3.39. The van der Waals surface area contributed by atoms with Crippen LogP contribution in [0.5, 0.6) is 5.88 Å². The number of ether oxygens (including phenoxy) is 1. The first kappa shape index (κ1) is 25.2. The topological polar surface area (TPSA) is 139 Å². The van der Waals surface area contributed by atoms with Crippen LogP contribution in [0.1, 0.15) is 22.4 Å². The Morgan fingerprint density at radius 3 is 2.32 bits per heavy atom. The number of nitrogens with zero attached hydrogens (tertiary/aromatic N) is 5. The smallest absolute Gasteiger partial charge is 0.234 e. The monoisotopic (exact) mass is 527 g/mol. The Bertz CT molecular complexity index is 1530. The molecule has 2 N–H and O–H groups in total. The molecule has 0 spiro atoms. The molecular weight excluding hydrogens is 506 g/mol. The van der Waals surface area contributed by atoms with Gasteiger partial charge in [0, 0.05) is 35.8 Å². The summed E-state index contributed by atoms with van der Waals surface area (Å²) in [6.07, 6.45) is 1.44. The standard InChI is InChI=1S/C28H22ClN5O4/c29-20-7-5-19(6-8-20)27-32-21(15-37-27)16-38-28-24(12-31)25(18-3-1-17(2-4-18)9-10-35)23(11-30)26(33-28)34-13-22(36)14-34/h1-8,15,22,35-36H,9-10,13-14,16H2. The summed E-state index contributed by atoms with van der Waals surface area (Å²) in [7, 11) is 0. The van der Waals surface area contributed by atoms with E-state index >= 15 is 0 Å². The van der Waals surface area contributed by atoms with E-state index in [-0.39, 0.29) is 30.2 Å². The predicted molar refractivity (Wildman–Crippen MR) is 139 cm³/mol. The molecule has 38 heavy (non-hydrogen) atoms. The largest absolute Gasteiger partial charge is 0.470 e. The number of β-amino-alcohol motifs (C(OH)–C–C–N with tert-alkyl or cyclic N) is 1. The first-order valence-electron chi connectivity index (χ1n) is 11.8. The van der Waals surface area contributed by atoms with Crippen LogP contribution >= 0.6 is 11.6 Å². The molecule has 4 aromatic rings. The van der Waals surface area contributed by atoms with Gasteiger partial charge in [-0.1, -0.05) is 35.9 Å². The highest BCUT2D eigenvalue weighted by Gasteiger charge is 2.32. The van der Waals surface area contributed by atoms with Crippen molar-refractivity contribution in [2.24, 2.45) is 0 Å². The molecule has 1 fully saturated rings. The molecule has 10 heteroatoms. The second-order valence-electron chi connectivity index (χ2n) is 8.76. The summed E-state index contributed by atoms with van der Waals surface area (Å²) in [6, 6.07) is 18.7. The molecule has 190 valence electrons. The van der Waals surface area contributed by atoms with Gasteiger partial charge in [-0.25, -0.2) is 4.98 Å². The van der Waals surface area contributed by atoms with Gasteiger partial charge in [0.2, 0.25) is 11.8 Å². The molecule has 0 unspecified atom stereocenters. The van der Waals surface area contributed by atoms with Crippen LogP contribution in [-0.4, -0.2) is 46.0 Å². The third-order valence-corrected chi connectivity index (χ3v) is 6.43. The number of hydrogen-bond acceptors (Lipinski definition) is 9. The fourth-order valence-electron chi connectivity index (χ4n) is 4.22. The lowest BCUT2D eigenvalue weighted by atomic mass is 9.94. The van der Waals surface area contributed by atoms with Crippen LogP contribution in [0.15, 0.2) is 59.2 Å². The molecule has 9 nitrogen and oxygen atoms in total. The van der Waals surface area contributed by atoms with Crippen molar-refractivity contribution in [3.05, 3.63) is 82.2 Å². The highest BCUT2D eigenvalue weighted by atomic mass is 35.5. The Labute approximate surface area is 223 Å². The number of halogens is 1. The first-order valence-corrected chi connectivity index (χ1v) is 12.2. The normalized spacial score (nSPS) is 13.0. The van der Waals surface area contributed by atoms with Crippen LogP contribution in [-0.2, 0) is 13.0 Å². The summed E-state index contributed by atoms with van der Waals surface area (Å²) >= 11 is 5.96. The van der Waals surface area contributed by atoms with E-state index in [1.807, 2.05) is 12.1 Å². The number of pyridine rings is 1. The number of nitriles is 2. The average molecular weight is 528 g/mol. The van der Waals surface area contributed by atoms with Crippen molar-refractivity contribution in [1.82, 2.24) is 9.97 Å². The third-order valence-electron chi connectivity index (χ3n) is 6.17. The van der Waals surface area contributed by atoms with Crippen molar-refractivity contribution < 1.29 is 19.4 Å². The van der Waals surface area contributed by atoms with Crippen molar-refractivity contribution in [3.63, 3.8) is 0 Å². The lowest BCUT2D eigenvalue weighted by Gasteiger charge is -2.37. The Kier molecular flexibility index (Phi) is 7.25. The Morgan fingerprint density at radius 1 is 1.00 bits per heavy atom. The fraction of sp³-hybridized carbons (Fsp3) is 0.214. The fourth-order valence-corrected chi connectivity index (χ4v) is 4.35. The second kappa shape index (κ2) is 10.9. The molecule has 5 rings (SSSR count). The molecule has 2 aromatic heterocycles. The predicted octanol–water partition coefficient (Wildman–Crippen LogP) is 4.10. The van der Waals surface area contributed by atoms with Gasteiger partial charge in [-0.3, -0.25) is 0 Å². The molecule has 0 atom stereocenters. The van der Waals surface area contributed by atoms with Crippen LogP contribution in [0.4, 0.5) is 5.82 Å². The summed E-state index contributed by atoms with van der Waals surface area (Å²) in [5, 5.41) is 39.9. The van der Waals surface area contributed by atoms with Gasteiger partial charge in [0.15, 0.2) is 5.82 Å². The molecule has 0 bridgehead atoms. The van der Waals surface area contributed by atoms with Crippen molar-refractivity contribution in [2.75, 3.05) is 24.6 Å². The molecule has 1 aliphatic rings. The minimum absolute atomic E-state index is 0.0166. The van der Waals surface area contributed by atoms with Crippen molar-refractivity contribution in [1.29, 1.82) is 10.5 Å². The number of benzene rings is 2. The van der Waals surface area contributed by atoms with Crippen molar-refractivity contribution >= 4 is 17.4 Å². The van der Waals surface area contributed by atoms with E-state index in [1.54, 1.807) is 41.3 Å². The van der Waals surface area contributed by atoms with Gasteiger partial charge in [0.1, 0.15) is 41.8 Å². The number of hydrogen-bond donors (Lipinski definition) is 2. The highest BCUT2D eigenvalue weighted by molar-refractivity contribution is 6.30. The summed E-state index contributed by atoms with van der Waals surface area (Å²) in [5.74, 6) is 0.782. The van der Waals surface area contributed by atoms with Crippen molar-refractivity contribution in [2.45, 2.75) is 19.1 Å². The van der Waals surface area contributed by atoms with E-state index in [0.717, 1.165) is 11.1 Å². The molecule has 1 saturated heterocycles. The molecule has 1 aliphatic heterocycles. The van der Waals surface area contributed by atoms with E-state index in [9.17, 15) is 20.7 Å². The number of aromatic nitrogens is 2. The van der Waals surface area contributed by atoms with Crippen LogP contribution in [0.25, 0.3) is 22.6 Å². The van der Waals surface area contributed by atoms with Gasteiger partial charge in [0.25, 0.3) is 0 Å². The quantitative estimate of drug-likeness (QED) is 0.346. The zero-order valence-corrected chi connectivity index (χ0v) is 20.9. The van der Waals surface area contributed by atoms with Crippen LogP contribution in [0, 0.1) is 22.7 Å². The molecule has 0 radical (unpaired) electrons. The molecule has 3 heterocycles. The van der Waals surface area contributed by atoms with Gasteiger partial charge in [-0.2, -0.15) is 15.5 Å². The van der Waals surface area contributed by atoms with Crippen LogP contribution < -0.4 is 9.64 Å². The van der Waals surface area contributed by atoms with Crippen molar-refractivity contribution in [3.8, 4) is 40.6 Å². The molecule has 0 aliphatic carbocycles. The maximum absolute atomic E-state index is 10.1. The lowest BCUT2D eigenvalue weighted by Crippen LogP contribution is -2.51. The molecular formula is C28H22ClN5O4. The number of oxazole rings is 1. The molecule has 0 amide bonds. The summed E-state index contributed by atoms with van der Waals surface area (Å²) < 4.78 is 11.6. The minimum atomic E-state index is -0.522. The zero-order valence-electron chi connectivity index (χ0n) is 20.1. The van der Waals surface area contributed by atoms with Crippen LogP contribution in [0.2, 0.25) is 5.02 Å². The SMILES string of the molecule is N#Cc1c(OCc2coc(-c3ccc(Cl)cc3)n2)nc(N2CC(O)C2)c(C#N)c1-c1ccc(CCO)cc1. The first-order chi connectivity index (χ1) is 18.5. The maximum Gasteiger partial charge on any atom is 0.234 e. The second-order valence-corrected chi connectivity index (χ2v) is 9.19. The van der Waals surface area contributed by atoms with Gasteiger partial charge in [-0.15, -0.1) is 0 Å². The summed E-state index contributed by atoms with van der Waals surface area (Å²) in [6.45, 7) is 0.621. The van der Waals surface area contributed by atoms with E-state index in [4.69, 9.17) is 20.8 Å². The van der Waals surface area contributed by atoms with Gasteiger partial charge < -0.3 is 24.3 Å². The van der Waals surface area contributed by atoms with Gasteiger partial charge in [0.05, 0.1) is 6.10 Å². The molecule has 0 saturated carbocycles. The van der Waals surface area contributed by atoms with Gasteiger partial charge >= 0.3 is 0 Å². The number of aliphatic hydroxyl groups excluding tert-OH is 2.